The summed E-state index contributed by atoms with van der Waals surface area (Å²) in [5, 5.41) is 3.67. The van der Waals surface area contributed by atoms with Crippen molar-refractivity contribution in [1.29, 1.82) is 0 Å². The summed E-state index contributed by atoms with van der Waals surface area (Å²) in [6, 6.07) is 11.1. The van der Waals surface area contributed by atoms with Crippen molar-refractivity contribution in [3.63, 3.8) is 0 Å². The fraction of sp³-hybridized carbons (Fsp3) is 0.474. The number of rotatable bonds is 4. The minimum Gasteiger partial charge on any atom is -0.368 e. The van der Waals surface area contributed by atoms with Gasteiger partial charge in [-0.25, -0.2) is 0 Å². The predicted molar refractivity (Wildman–Crippen MR) is 94.4 cm³/mol. The lowest BCUT2D eigenvalue weighted by Crippen LogP contribution is -2.49. The number of aromatic nitrogens is 2. The van der Waals surface area contributed by atoms with Gasteiger partial charge in [-0.05, 0) is 31.0 Å². The predicted octanol–water partition coefficient (Wildman–Crippen LogP) is 3.13. The van der Waals surface area contributed by atoms with Gasteiger partial charge < -0.3 is 9.80 Å². The minimum absolute atomic E-state index is 0.0938. The maximum absolute atomic E-state index is 13.0. The lowest BCUT2D eigenvalue weighted by atomic mass is 10.2. The Kier molecular flexibility index (Phi) is 4.57. The van der Waals surface area contributed by atoms with Crippen LogP contribution in [0.4, 0.5) is 18.9 Å². The molecule has 2 aromatic rings. The van der Waals surface area contributed by atoms with Crippen LogP contribution in [0.1, 0.15) is 30.1 Å². The molecule has 8 heteroatoms. The molecule has 144 valence electrons. The molecule has 1 aromatic carbocycles. The Morgan fingerprint density at radius 2 is 1.74 bits per heavy atom. The standard InChI is InChI=1S/C19H21F3N4O/c20-19(21,22)17-12-16(14-6-7-14)26(23-17)13-18(27)25-10-8-24(9-11-25)15-4-2-1-3-5-15/h1-5,12,14H,6-11,13H2. The number of halogens is 3. The second-order valence-corrected chi connectivity index (χ2v) is 7.09. The van der Waals surface area contributed by atoms with Gasteiger partial charge in [0, 0.05) is 43.5 Å². The highest BCUT2D eigenvalue weighted by Crippen LogP contribution is 2.42. The maximum atomic E-state index is 13.0. The highest BCUT2D eigenvalue weighted by atomic mass is 19.4. The van der Waals surface area contributed by atoms with Gasteiger partial charge in [-0.2, -0.15) is 18.3 Å². The summed E-state index contributed by atoms with van der Waals surface area (Å²) in [7, 11) is 0. The molecule has 2 heterocycles. The number of hydrogen-bond donors (Lipinski definition) is 0. The third kappa shape index (κ3) is 3.94. The Morgan fingerprint density at radius 3 is 2.33 bits per heavy atom. The molecule has 0 atom stereocenters. The Labute approximate surface area is 155 Å². The summed E-state index contributed by atoms with van der Waals surface area (Å²) in [5.74, 6) is -0.0854. The van der Waals surface area contributed by atoms with Crippen LogP contribution >= 0.6 is 0 Å². The van der Waals surface area contributed by atoms with Gasteiger partial charge in [0.1, 0.15) is 6.54 Å². The first kappa shape index (κ1) is 17.9. The summed E-state index contributed by atoms with van der Waals surface area (Å²) < 4.78 is 40.2. The fourth-order valence-corrected chi connectivity index (χ4v) is 3.49. The Morgan fingerprint density at radius 1 is 1.07 bits per heavy atom. The number of alkyl halides is 3. The van der Waals surface area contributed by atoms with Crippen molar-refractivity contribution in [3.05, 3.63) is 47.8 Å². The van der Waals surface area contributed by atoms with E-state index < -0.39 is 11.9 Å². The molecule has 1 aromatic heterocycles. The minimum atomic E-state index is -4.49. The second-order valence-electron chi connectivity index (χ2n) is 7.09. The fourth-order valence-electron chi connectivity index (χ4n) is 3.49. The second kappa shape index (κ2) is 6.90. The normalized spacial score (nSPS) is 18.0. The molecule has 1 saturated heterocycles. The number of amides is 1. The first-order valence-electron chi connectivity index (χ1n) is 9.14. The molecule has 0 N–H and O–H groups in total. The average molecular weight is 378 g/mol. The molecule has 1 amide bonds. The topological polar surface area (TPSA) is 41.4 Å². The number of para-hydroxylation sites is 1. The summed E-state index contributed by atoms with van der Waals surface area (Å²) in [4.78, 5) is 16.5. The van der Waals surface area contributed by atoms with E-state index in [0.717, 1.165) is 24.6 Å². The SMILES string of the molecule is O=C(Cn1nc(C(F)(F)F)cc1C1CC1)N1CCN(c2ccccc2)CC1. The smallest absolute Gasteiger partial charge is 0.368 e. The lowest BCUT2D eigenvalue weighted by Gasteiger charge is -2.36. The number of anilines is 1. The third-order valence-corrected chi connectivity index (χ3v) is 5.14. The van der Waals surface area contributed by atoms with Gasteiger partial charge in [0.05, 0.1) is 0 Å². The van der Waals surface area contributed by atoms with Gasteiger partial charge in [0.2, 0.25) is 5.91 Å². The van der Waals surface area contributed by atoms with E-state index in [9.17, 15) is 18.0 Å². The van der Waals surface area contributed by atoms with Crippen LogP contribution in [-0.4, -0.2) is 46.8 Å². The molecule has 0 bridgehead atoms. The van der Waals surface area contributed by atoms with Gasteiger partial charge in [-0.1, -0.05) is 18.2 Å². The van der Waals surface area contributed by atoms with E-state index in [2.05, 4.69) is 10.00 Å². The van der Waals surface area contributed by atoms with E-state index in [1.165, 1.54) is 4.68 Å². The molecule has 4 rings (SSSR count). The van der Waals surface area contributed by atoms with E-state index in [0.29, 0.717) is 31.9 Å². The van der Waals surface area contributed by atoms with E-state index in [1.807, 2.05) is 30.3 Å². The van der Waals surface area contributed by atoms with Crippen LogP contribution < -0.4 is 4.90 Å². The Balaban J connectivity index is 1.41. The summed E-state index contributed by atoms with van der Waals surface area (Å²) in [6.45, 7) is 2.39. The lowest BCUT2D eigenvalue weighted by molar-refractivity contribution is -0.142. The molecule has 1 aliphatic heterocycles. The van der Waals surface area contributed by atoms with Crippen LogP contribution in [0, 0.1) is 0 Å². The van der Waals surface area contributed by atoms with Crippen molar-refractivity contribution in [2.24, 2.45) is 0 Å². The number of benzene rings is 1. The zero-order valence-corrected chi connectivity index (χ0v) is 14.8. The van der Waals surface area contributed by atoms with Gasteiger partial charge in [-0.3, -0.25) is 9.48 Å². The van der Waals surface area contributed by atoms with Gasteiger partial charge >= 0.3 is 6.18 Å². The van der Waals surface area contributed by atoms with Crippen LogP contribution in [0.3, 0.4) is 0 Å². The number of nitrogens with zero attached hydrogens (tertiary/aromatic N) is 4. The van der Waals surface area contributed by atoms with Crippen molar-refractivity contribution in [2.45, 2.75) is 31.5 Å². The molecule has 0 radical (unpaired) electrons. The van der Waals surface area contributed by atoms with Gasteiger partial charge in [0.25, 0.3) is 0 Å². The zero-order chi connectivity index (χ0) is 19.0. The number of piperazine rings is 1. The number of hydrogen-bond acceptors (Lipinski definition) is 3. The van der Waals surface area contributed by atoms with Crippen LogP contribution in [0.15, 0.2) is 36.4 Å². The number of carbonyl (C=O) groups is 1. The molecule has 0 unspecified atom stereocenters. The quantitative estimate of drug-likeness (QED) is 0.821. The molecule has 1 saturated carbocycles. The zero-order valence-electron chi connectivity index (χ0n) is 14.8. The van der Waals surface area contributed by atoms with E-state index in [4.69, 9.17) is 0 Å². The molecule has 2 aliphatic rings. The van der Waals surface area contributed by atoms with Crippen molar-refractivity contribution in [1.82, 2.24) is 14.7 Å². The van der Waals surface area contributed by atoms with Crippen molar-refractivity contribution in [2.75, 3.05) is 31.1 Å². The van der Waals surface area contributed by atoms with Crippen molar-refractivity contribution < 1.29 is 18.0 Å². The Bertz CT molecular complexity index is 806. The van der Waals surface area contributed by atoms with Crippen LogP contribution in [0.2, 0.25) is 0 Å². The molecular formula is C19H21F3N4O. The molecule has 27 heavy (non-hydrogen) atoms. The summed E-state index contributed by atoms with van der Waals surface area (Å²) in [6.07, 6.45) is -2.78. The first-order valence-corrected chi connectivity index (χ1v) is 9.14. The van der Waals surface area contributed by atoms with Crippen molar-refractivity contribution >= 4 is 11.6 Å². The van der Waals surface area contributed by atoms with Crippen LogP contribution in [0.5, 0.6) is 0 Å². The largest absolute Gasteiger partial charge is 0.435 e. The van der Waals surface area contributed by atoms with Crippen LogP contribution in [-0.2, 0) is 17.5 Å². The summed E-state index contributed by atoms with van der Waals surface area (Å²) in [5.41, 5.74) is 0.729. The molecule has 2 fully saturated rings. The average Bonchev–Trinajstić information content (AvgIpc) is 3.42. The highest BCUT2D eigenvalue weighted by molar-refractivity contribution is 5.76. The molecule has 1 aliphatic carbocycles. The Hall–Kier alpha value is -2.51. The first-order chi connectivity index (χ1) is 12.9. The maximum Gasteiger partial charge on any atom is 0.435 e. The molecule has 5 nitrogen and oxygen atoms in total. The van der Waals surface area contributed by atoms with E-state index in [1.54, 1.807) is 4.90 Å². The number of carbonyl (C=O) groups excluding carboxylic acids is 1. The third-order valence-electron chi connectivity index (χ3n) is 5.14. The monoisotopic (exact) mass is 378 g/mol. The molecule has 0 spiro atoms. The van der Waals surface area contributed by atoms with Gasteiger partial charge in [-0.15, -0.1) is 0 Å². The van der Waals surface area contributed by atoms with Crippen LogP contribution in [0.25, 0.3) is 0 Å². The highest BCUT2D eigenvalue weighted by Gasteiger charge is 2.38. The van der Waals surface area contributed by atoms with E-state index in [-0.39, 0.29) is 18.4 Å². The van der Waals surface area contributed by atoms with Crippen molar-refractivity contribution in [3.8, 4) is 0 Å². The summed E-state index contributed by atoms with van der Waals surface area (Å²) >= 11 is 0. The molecular weight excluding hydrogens is 357 g/mol. The van der Waals surface area contributed by atoms with E-state index >= 15 is 0 Å². The van der Waals surface area contributed by atoms with Gasteiger partial charge in [0.15, 0.2) is 5.69 Å².